The first-order valence-electron chi connectivity index (χ1n) is 3.79. The lowest BCUT2D eigenvalue weighted by Crippen LogP contribution is -2.35. The van der Waals surface area contributed by atoms with Gasteiger partial charge in [-0.15, -0.1) is 0 Å². The van der Waals surface area contributed by atoms with Crippen molar-refractivity contribution in [2.24, 2.45) is 0 Å². The van der Waals surface area contributed by atoms with E-state index in [9.17, 15) is 17.6 Å². The molecule has 78 valence electrons. The highest BCUT2D eigenvalue weighted by molar-refractivity contribution is 6.42. The Balaban J connectivity index is 3.74. The summed E-state index contributed by atoms with van der Waals surface area (Å²) in [5.74, 6) is -4.11. The molecule has 0 aromatic rings. The molecule has 0 aromatic carbocycles. The summed E-state index contributed by atoms with van der Waals surface area (Å²) in [5.41, 5.74) is 0. The fourth-order valence-corrected chi connectivity index (χ4v) is 0.574. The van der Waals surface area contributed by atoms with Gasteiger partial charge in [0.1, 0.15) is 6.61 Å². The molecule has 0 bridgehead atoms. The van der Waals surface area contributed by atoms with Gasteiger partial charge in [0, 0.05) is 6.61 Å². The van der Waals surface area contributed by atoms with Crippen LogP contribution in [-0.4, -0.2) is 32.7 Å². The molecule has 0 fully saturated rings. The second-order valence-corrected chi connectivity index (χ2v) is 2.40. The second kappa shape index (κ2) is 5.44. The molecule has 0 rings (SSSR count). The maximum Gasteiger partial charge on any atom is 0.453 e. The molecular formula is C6H11BF4O2. The monoisotopic (exact) mass is 202 g/mol. The molecule has 0 N–H and O–H groups in total. The fraction of sp³-hybridized carbons (Fsp3) is 1.00. The summed E-state index contributed by atoms with van der Waals surface area (Å²) in [4.78, 5) is 0. The highest BCUT2D eigenvalue weighted by atomic mass is 19.3. The molecule has 7 heteroatoms. The van der Waals surface area contributed by atoms with Crippen LogP contribution in [0.15, 0.2) is 0 Å². The molecule has 0 saturated heterocycles. The molecule has 13 heavy (non-hydrogen) atoms. The molecule has 0 spiro atoms. The number of alkyl halides is 4. The average molecular weight is 202 g/mol. The highest BCUT2D eigenvalue weighted by Gasteiger charge is 2.41. The van der Waals surface area contributed by atoms with Gasteiger partial charge in [-0.2, -0.15) is 8.78 Å². The summed E-state index contributed by atoms with van der Waals surface area (Å²) in [6.07, 6.45) is -3.71. The molecule has 0 saturated carbocycles. The summed E-state index contributed by atoms with van der Waals surface area (Å²) in [6, 6.07) is 0. The van der Waals surface area contributed by atoms with Crippen molar-refractivity contribution < 1.29 is 26.9 Å². The van der Waals surface area contributed by atoms with E-state index >= 15 is 0 Å². The number of hydrogen-bond donors (Lipinski definition) is 0. The molecule has 0 aliphatic heterocycles. The van der Waals surface area contributed by atoms with Gasteiger partial charge >= 0.3 is 19.5 Å². The predicted molar refractivity (Wildman–Crippen MR) is 40.1 cm³/mol. The van der Waals surface area contributed by atoms with Crippen molar-refractivity contribution in [3.8, 4) is 0 Å². The molecule has 0 radical (unpaired) electrons. The lowest BCUT2D eigenvalue weighted by atomic mass is 9.95. The van der Waals surface area contributed by atoms with Gasteiger partial charge in [-0.25, -0.2) is 8.78 Å². The first-order chi connectivity index (χ1) is 5.90. The van der Waals surface area contributed by atoms with E-state index in [-0.39, 0.29) is 6.61 Å². The van der Waals surface area contributed by atoms with Crippen molar-refractivity contribution in [2.45, 2.75) is 26.1 Å². The molecule has 0 amide bonds. The van der Waals surface area contributed by atoms with Crippen LogP contribution in [-0.2, 0) is 9.31 Å². The standard InChI is InChI=1S/C6H11BF4O2/c1-3-12-7(2)13-4-6(10,11)5(8)9/h5H,3-4H2,1-2H3. The van der Waals surface area contributed by atoms with Crippen LogP contribution in [0.2, 0.25) is 6.82 Å². The Hall–Kier alpha value is -0.295. The Morgan fingerprint density at radius 1 is 1.31 bits per heavy atom. The van der Waals surface area contributed by atoms with Crippen molar-refractivity contribution in [3.05, 3.63) is 0 Å². The van der Waals surface area contributed by atoms with Crippen molar-refractivity contribution in [1.82, 2.24) is 0 Å². The fourth-order valence-electron chi connectivity index (χ4n) is 0.574. The summed E-state index contributed by atoms with van der Waals surface area (Å²) in [7, 11) is -0.894. The van der Waals surface area contributed by atoms with Crippen LogP contribution in [0, 0.1) is 0 Å². The van der Waals surface area contributed by atoms with Crippen LogP contribution < -0.4 is 0 Å². The third kappa shape index (κ3) is 5.10. The van der Waals surface area contributed by atoms with Gasteiger partial charge in [0.25, 0.3) is 0 Å². The van der Waals surface area contributed by atoms with E-state index in [2.05, 4.69) is 4.65 Å². The van der Waals surface area contributed by atoms with E-state index in [1.165, 1.54) is 6.82 Å². The molecule has 0 aliphatic rings. The van der Waals surface area contributed by atoms with E-state index in [4.69, 9.17) is 4.65 Å². The van der Waals surface area contributed by atoms with Gasteiger partial charge in [0.15, 0.2) is 0 Å². The predicted octanol–water partition coefficient (Wildman–Crippen LogP) is 2.06. The van der Waals surface area contributed by atoms with Gasteiger partial charge in [0.2, 0.25) is 0 Å². The van der Waals surface area contributed by atoms with E-state index in [0.717, 1.165) is 0 Å². The molecule has 0 unspecified atom stereocenters. The topological polar surface area (TPSA) is 18.5 Å². The lowest BCUT2D eigenvalue weighted by molar-refractivity contribution is -0.151. The minimum atomic E-state index is -4.11. The first kappa shape index (κ1) is 12.7. The Kier molecular flexibility index (Phi) is 5.31. The van der Waals surface area contributed by atoms with Gasteiger partial charge in [-0.1, -0.05) is 0 Å². The Morgan fingerprint density at radius 2 is 1.85 bits per heavy atom. The summed E-state index contributed by atoms with van der Waals surface area (Å²) in [5, 5.41) is 0. The lowest BCUT2D eigenvalue weighted by Gasteiger charge is -2.17. The van der Waals surface area contributed by atoms with Gasteiger partial charge in [-0.05, 0) is 13.7 Å². The summed E-state index contributed by atoms with van der Waals surface area (Å²) in [6.45, 7) is 1.96. The minimum Gasteiger partial charge on any atom is -0.412 e. The normalized spacial score (nSPS) is 12.2. The maximum absolute atomic E-state index is 12.2. The van der Waals surface area contributed by atoms with Crippen molar-refractivity contribution in [3.63, 3.8) is 0 Å². The quantitative estimate of drug-likeness (QED) is 0.484. The zero-order valence-corrected chi connectivity index (χ0v) is 7.40. The Bertz CT molecular complexity index is 145. The third-order valence-corrected chi connectivity index (χ3v) is 1.23. The Morgan fingerprint density at radius 3 is 2.23 bits per heavy atom. The van der Waals surface area contributed by atoms with Gasteiger partial charge in [-0.3, -0.25) is 0 Å². The van der Waals surface area contributed by atoms with E-state index < -0.39 is 26.1 Å². The summed E-state index contributed by atoms with van der Waals surface area (Å²) < 4.78 is 56.7. The molecule has 0 heterocycles. The van der Waals surface area contributed by atoms with Gasteiger partial charge in [0.05, 0.1) is 0 Å². The van der Waals surface area contributed by atoms with Crippen molar-refractivity contribution >= 4 is 7.12 Å². The van der Waals surface area contributed by atoms with Crippen LogP contribution in [0.5, 0.6) is 0 Å². The molecule has 2 nitrogen and oxygen atoms in total. The summed E-state index contributed by atoms with van der Waals surface area (Å²) >= 11 is 0. The average Bonchev–Trinajstić information content (AvgIpc) is 2.01. The zero-order chi connectivity index (χ0) is 10.5. The van der Waals surface area contributed by atoms with Crippen molar-refractivity contribution in [2.75, 3.05) is 13.2 Å². The number of rotatable bonds is 6. The molecule has 0 atom stereocenters. The van der Waals surface area contributed by atoms with Crippen LogP contribution in [0.1, 0.15) is 6.92 Å². The SMILES string of the molecule is CCOB(C)OCC(F)(F)C(F)F. The van der Waals surface area contributed by atoms with Crippen LogP contribution in [0.4, 0.5) is 17.6 Å². The smallest absolute Gasteiger partial charge is 0.412 e. The minimum absolute atomic E-state index is 0.279. The Labute approximate surface area is 74.3 Å². The van der Waals surface area contributed by atoms with E-state index in [1.54, 1.807) is 6.92 Å². The van der Waals surface area contributed by atoms with Crippen LogP contribution in [0.3, 0.4) is 0 Å². The molecule has 0 aliphatic carbocycles. The van der Waals surface area contributed by atoms with E-state index in [1.807, 2.05) is 0 Å². The van der Waals surface area contributed by atoms with Gasteiger partial charge < -0.3 is 9.31 Å². The number of halogens is 4. The highest BCUT2D eigenvalue weighted by Crippen LogP contribution is 2.23. The van der Waals surface area contributed by atoms with E-state index in [0.29, 0.717) is 0 Å². The first-order valence-corrected chi connectivity index (χ1v) is 3.79. The molecule has 0 aromatic heterocycles. The largest absolute Gasteiger partial charge is 0.453 e. The second-order valence-electron chi connectivity index (χ2n) is 2.40. The molecular weight excluding hydrogens is 191 g/mol. The van der Waals surface area contributed by atoms with Crippen LogP contribution in [0.25, 0.3) is 0 Å². The maximum atomic E-state index is 12.2. The zero-order valence-electron chi connectivity index (χ0n) is 7.40. The number of hydrogen-bond acceptors (Lipinski definition) is 2. The van der Waals surface area contributed by atoms with Crippen molar-refractivity contribution in [1.29, 1.82) is 0 Å². The van der Waals surface area contributed by atoms with Crippen LogP contribution >= 0.6 is 0 Å². The third-order valence-electron chi connectivity index (χ3n) is 1.23.